The zero-order valence-electron chi connectivity index (χ0n) is 16.8. The number of thiocarbonyl (C=S) groups is 1. The second-order valence-electron chi connectivity index (χ2n) is 7.17. The summed E-state index contributed by atoms with van der Waals surface area (Å²) in [6, 6.07) is 8.11. The second-order valence-corrected chi connectivity index (χ2v) is 8.44. The fourth-order valence-corrected chi connectivity index (χ4v) is 4.66. The number of aliphatic hydroxyl groups excluding tert-OH is 1. The number of carboxylic acid groups (broad SMARTS) is 1. The van der Waals surface area contributed by atoms with Crippen LogP contribution in [0.25, 0.3) is 0 Å². The first-order valence-corrected chi connectivity index (χ1v) is 10.8. The first-order valence-electron chi connectivity index (χ1n) is 9.49. The maximum absolute atomic E-state index is 13.3. The van der Waals surface area contributed by atoms with Gasteiger partial charge in [0, 0.05) is 23.5 Å². The number of hydrogen-bond donors (Lipinski definition) is 5. The van der Waals surface area contributed by atoms with Crippen LogP contribution in [0.15, 0.2) is 35.7 Å². The van der Waals surface area contributed by atoms with Crippen molar-refractivity contribution in [3.8, 4) is 0 Å². The molecule has 2 amide bonds. The Hall–Kier alpha value is -2.81. The smallest absolute Gasteiger partial charge is 0.414 e. The summed E-state index contributed by atoms with van der Waals surface area (Å²) in [5, 5.41) is 27.4. The number of thiazole rings is 1. The molecule has 1 aliphatic heterocycles. The third-order valence-corrected chi connectivity index (χ3v) is 6.24. The summed E-state index contributed by atoms with van der Waals surface area (Å²) in [5.74, 6) is -1.69. The highest BCUT2D eigenvalue weighted by molar-refractivity contribution is 7.80. The van der Waals surface area contributed by atoms with Crippen molar-refractivity contribution in [3.05, 3.63) is 46.3 Å². The van der Waals surface area contributed by atoms with Crippen molar-refractivity contribution in [2.24, 2.45) is 5.92 Å². The van der Waals surface area contributed by atoms with E-state index in [1.54, 1.807) is 30.3 Å². The third-order valence-electron chi connectivity index (χ3n) is 5.01. The summed E-state index contributed by atoms with van der Waals surface area (Å²) in [5.41, 5.74) is -1.26. The molecule has 1 aliphatic rings. The number of nitrogens with zero attached hydrogens (tertiary/aromatic N) is 1. The number of anilines is 1. The number of benzene rings is 1. The van der Waals surface area contributed by atoms with Gasteiger partial charge < -0.3 is 20.3 Å². The number of aliphatic hydroxyl groups is 1. The summed E-state index contributed by atoms with van der Waals surface area (Å²) >= 11 is 6.17. The van der Waals surface area contributed by atoms with Gasteiger partial charge in [0.2, 0.25) is 0 Å². The zero-order chi connectivity index (χ0) is 24.2. The number of hydrogen-bond acceptors (Lipinski definition) is 7. The molecule has 0 spiro atoms. The predicted octanol–water partition coefficient (Wildman–Crippen LogP) is 2.69. The second kappa shape index (κ2) is 9.99. The molecule has 3 rings (SSSR count). The van der Waals surface area contributed by atoms with E-state index in [4.69, 9.17) is 22.1 Å². The van der Waals surface area contributed by atoms with Gasteiger partial charge in [0.05, 0.1) is 6.61 Å². The lowest BCUT2D eigenvalue weighted by atomic mass is 9.79. The number of rotatable bonds is 5. The number of halogens is 3. The molecule has 0 aliphatic carbocycles. The van der Waals surface area contributed by atoms with Gasteiger partial charge in [-0.2, -0.15) is 13.2 Å². The van der Waals surface area contributed by atoms with E-state index in [2.05, 4.69) is 20.9 Å². The molecule has 1 aromatic carbocycles. The van der Waals surface area contributed by atoms with Crippen molar-refractivity contribution in [3.63, 3.8) is 0 Å². The Kier molecular flexibility index (Phi) is 7.51. The maximum atomic E-state index is 13.3. The van der Waals surface area contributed by atoms with E-state index in [1.807, 2.05) is 0 Å². The number of carbonyl (C=O) groups is 2. The van der Waals surface area contributed by atoms with Crippen LogP contribution in [0.5, 0.6) is 0 Å². The lowest BCUT2D eigenvalue weighted by molar-refractivity contribution is -0.249. The summed E-state index contributed by atoms with van der Waals surface area (Å²) < 4.78 is 44.9. The van der Waals surface area contributed by atoms with Crippen LogP contribution in [0.4, 0.5) is 23.8 Å². The highest BCUT2D eigenvalue weighted by atomic mass is 32.1. The van der Waals surface area contributed by atoms with E-state index in [0.29, 0.717) is 5.56 Å². The minimum Gasteiger partial charge on any atom is -0.465 e. The number of amides is 2. The van der Waals surface area contributed by atoms with Crippen LogP contribution in [-0.2, 0) is 10.3 Å². The predicted molar refractivity (Wildman–Crippen MR) is 116 cm³/mol. The van der Waals surface area contributed by atoms with Crippen LogP contribution in [0.1, 0.15) is 21.8 Å². The van der Waals surface area contributed by atoms with Crippen molar-refractivity contribution in [1.82, 2.24) is 15.6 Å². The van der Waals surface area contributed by atoms with Crippen molar-refractivity contribution in [2.75, 3.05) is 18.5 Å². The first-order chi connectivity index (χ1) is 15.5. The van der Waals surface area contributed by atoms with Gasteiger partial charge in [-0.25, -0.2) is 9.78 Å². The average Bonchev–Trinajstić information content (AvgIpc) is 3.22. The first kappa shape index (κ1) is 24.8. The van der Waals surface area contributed by atoms with Crippen LogP contribution in [-0.4, -0.2) is 57.8 Å². The van der Waals surface area contributed by atoms with Crippen LogP contribution in [0.2, 0.25) is 0 Å². The fraction of sp³-hybridized carbons (Fsp3) is 0.368. The van der Waals surface area contributed by atoms with E-state index < -0.39 is 55.4 Å². The van der Waals surface area contributed by atoms with Gasteiger partial charge in [-0.1, -0.05) is 18.2 Å². The Morgan fingerprint density at radius 3 is 2.61 bits per heavy atom. The minimum atomic E-state index is -4.65. The molecule has 2 heterocycles. The molecule has 9 nitrogen and oxygen atoms in total. The van der Waals surface area contributed by atoms with Crippen LogP contribution in [0.3, 0.4) is 0 Å². The van der Waals surface area contributed by atoms with Gasteiger partial charge in [0.25, 0.3) is 5.91 Å². The summed E-state index contributed by atoms with van der Waals surface area (Å²) in [6.45, 7) is -1.27. The molecule has 0 bridgehead atoms. The number of nitrogens with one attached hydrogen (secondary N) is 3. The van der Waals surface area contributed by atoms with Crippen molar-refractivity contribution in [1.29, 1.82) is 0 Å². The van der Waals surface area contributed by atoms with E-state index in [9.17, 15) is 27.9 Å². The molecule has 3 atom stereocenters. The number of ether oxygens (including phenoxy) is 1. The standard InChI is InChI=1S/C19H19F3N4O5S2/c20-19(21,22)12-6-11(7-27)18(9-31-12,15-23-13(8-33-15)24-17(29)30)26-16(32)25-14(28)10-4-2-1-3-5-10/h1-5,8,11-12,24,27H,6-7,9H2,(H,29,30)(H2,25,26,28,32)/t11-,12+,18-/m0/s1. The van der Waals surface area contributed by atoms with E-state index in [0.717, 1.165) is 11.3 Å². The topological polar surface area (TPSA) is 133 Å². The Labute approximate surface area is 195 Å². The van der Waals surface area contributed by atoms with E-state index >= 15 is 0 Å². The van der Waals surface area contributed by atoms with Gasteiger partial charge in [-0.15, -0.1) is 11.3 Å². The Morgan fingerprint density at radius 2 is 2.00 bits per heavy atom. The van der Waals surface area contributed by atoms with Crippen LogP contribution in [0, 0.1) is 5.92 Å². The van der Waals surface area contributed by atoms with Crippen LogP contribution >= 0.6 is 23.6 Å². The third kappa shape index (κ3) is 5.76. The van der Waals surface area contributed by atoms with Gasteiger partial charge in [-0.3, -0.25) is 15.4 Å². The van der Waals surface area contributed by atoms with Crippen molar-refractivity contribution >= 4 is 46.5 Å². The lowest BCUT2D eigenvalue weighted by Crippen LogP contribution is -2.62. The summed E-state index contributed by atoms with van der Waals surface area (Å²) in [4.78, 5) is 27.5. The minimum absolute atomic E-state index is 0.0578. The van der Waals surface area contributed by atoms with Crippen LogP contribution < -0.4 is 16.0 Å². The molecule has 1 fully saturated rings. The Morgan fingerprint density at radius 1 is 1.30 bits per heavy atom. The van der Waals surface area contributed by atoms with Gasteiger partial charge >= 0.3 is 12.3 Å². The molecule has 5 N–H and O–H groups in total. The molecule has 1 saturated heterocycles. The largest absolute Gasteiger partial charge is 0.465 e. The quantitative estimate of drug-likeness (QED) is 0.393. The molecule has 178 valence electrons. The normalized spacial score (nSPS) is 22.9. The molecule has 33 heavy (non-hydrogen) atoms. The fourth-order valence-electron chi connectivity index (χ4n) is 3.41. The number of alkyl halides is 3. The molecule has 0 unspecified atom stereocenters. The monoisotopic (exact) mass is 504 g/mol. The van der Waals surface area contributed by atoms with Gasteiger partial charge in [-0.05, 0) is 30.8 Å². The summed E-state index contributed by atoms with van der Waals surface area (Å²) in [6.07, 6.45) is -8.76. The van der Waals surface area contributed by atoms with Crippen molar-refractivity contribution in [2.45, 2.75) is 24.2 Å². The summed E-state index contributed by atoms with van der Waals surface area (Å²) in [7, 11) is 0. The Bertz CT molecular complexity index is 1020. The lowest BCUT2D eigenvalue weighted by Gasteiger charge is -2.45. The molecule has 0 radical (unpaired) electrons. The molecule has 1 aromatic heterocycles. The highest BCUT2D eigenvalue weighted by Gasteiger charge is 2.54. The van der Waals surface area contributed by atoms with Gasteiger partial charge in [0.15, 0.2) is 11.2 Å². The molecule has 14 heteroatoms. The number of aromatic nitrogens is 1. The SMILES string of the molecule is O=C(O)Nc1csc([C@]2(NC(=S)NC(=O)c3ccccc3)CO[C@@H](C(F)(F)F)C[C@H]2CO)n1. The molecule has 2 aromatic rings. The Balaban J connectivity index is 1.90. The average molecular weight is 505 g/mol. The molecule has 0 saturated carbocycles. The zero-order valence-corrected chi connectivity index (χ0v) is 18.4. The van der Waals surface area contributed by atoms with E-state index in [1.165, 1.54) is 5.38 Å². The molecular weight excluding hydrogens is 485 g/mol. The van der Waals surface area contributed by atoms with Crippen molar-refractivity contribution < 1.29 is 37.7 Å². The number of carbonyl (C=O) groups excluding carboxylic acids is 1. The van der Waals surface area contributed by atoms with E-state index in [-0.39, 0.29) is 15.9 Å². The maximum Gasteiger partial charge on any atom is 0.414 e. The highest BCUT2D eigenvalue weighted by Crippen LogP contribution is 2.43. The molecular formula is C19H19F3N4O5S2. The van der Waals surface area contributed by atoms with Gasteiger partial charge in [0.1, 0.15) is 16.4 Å².